The lowest BCUT2D eigenvalue weighted by atomic mass is 10.5. The number of carbonyl (C=O) groups is 2. The molecule has 1 aliphatic rings. The molecule has 1 aliphatic heterocycles. The average molecular weight is 141 g/mol. The SMILES string of the molecule is COC1=CC(=O)N(C)C1=O. The fourth-order valence-corrected chi connectivity index (χ4v) is 0.682. The Morgan fingerprint density at radius 3 is 2.30 bits per heavy atom. The second-order valence-electron chi connectivity index (χ2n) is 1.92. The van der Waals surface area contributed by atoms with Crippen molar-refractivity contribution in [1.82, 2.24) is 4.90 Å². The van der Waals surface area contributed by atoms with Gasteiger partial charge in [-0.1, -0.05) is 0 Å². The summed E-state index contributed by atoms with van der Waals surface area (Å²) in [6.45, 7) is 0. The van der Waals surface area contributed by atoms with Gasteiger partial charge in [0.1, 0.15) is 0 Å². The van der Waals surface area contributed by atoms with Crippen molar-refractivity contribution in [1.29, 1.82) is 0 Å². The van der Waals surface area contributed by atoms with Crippen LogP contribution in [0.4, 0.5) is 0 Å². The minimum Gasteiger partial charge on any atom is -0.491 e. The molecule has 0 radical (unpaired) electrons. The molecular weight excluding hydrogens is 134 g/mol. The lowest BCUT2D eigenvalue weighted by Gasteiger charge is -2.04. The van der Waals surface area contributed by atoms with Crippen LogP contribution >= 0.6 is 0 Å². The molecule has 0 aromatic rings. The van der Waals surface area contributed by atoms with E-state index in [4.69, 9.17) is 0 Å². The molecule has 0 saturated carbocycles. The highest BCUT2D eigenvalue weighted by Crippen LogP contribution is 2.09. The molecule has 0 unspecified atom stereocenters. The van der Waals surface area contributed by atoms with E-state index < -0.39 is 0 Å². The number of carbonyl (C=O) groups excluding carboxylic acids is 2. The summed E-state index contributed by atoms with van der Waals surface area (Å²) in [5.74, 6) is -0.609. The van der Waals surface area contributed by atoms with Gasteiger partial charge < -0.3 is 4.74 Å². The van der Waals surface area contributed by atoms with Crippen LogP contribution in [0, 0.1) is 0 Å². The first kappa shape index (κ1) is 6.80. The summed E-state index contributed by atoms with van der Waals surface area (Å²) in [6, 6.07) is 0. The van der Waals surface area contributed by atoms with Crippen molar-refractivity contribution < 1.29 is 14.3 Å². The van der Waals surface area contributed by atoms with Crippen LogP contribution in [0.25, 0.3) is 0 Å². The number of methoxy groups -OCH3 is 1. The minimum absolute atomic E-state index is 0.104. The highest BCUT2D eigenvalue weighted by molar-refractivity contribution is 6.14. The molecule has 1 heterocycles. The molecular formula is C6H7NO3. The molecule has 4 heteroatoms. The van der Waals surface area contributed by atoms with Crippen LogP contribution in [0.5, 0.6) is 0 Å². The topological polar surface area (TPSA) is 46.6 Å². The molecule has 0 fully saturated rings. The van der Waals surface area contributed by atoms with Crippen molar-refractivity contribution in [2.24, 2.45) is 0 Å². The van der Waals surface area contributed by atoms with Gasteiger partial charge in [-0.25, -0.2) is 0 Å². The van der Waals surface area contributed by atoms with Crippen LogP contribution in [0.1, 0.15) is 0 Å². The maximum absolute atomic E-state index is 10.9. The third kappa shape index (κ3) is 0.775. The molecule has 0 aliphatic carbocycles. The zero-order valence-corrected chi connectivity index (χ0v) is 5.75. The normalized spacial score (nSPS) is 17.8. The number of hydrogen-bond acceptors (Lipinski definition) is 3. The van der Waals surface area contributed by atoms with Crippen molar-refractivity contribution >= 4 is 11.8 Å². The molecule has 0 saturated heterocycles. The van der Waals surface area contributed by atoms with E-state index in [1.165, 1.54) is 20.2 Å². The van der Waals surface area contributed by atoms with E-state index in [2.05, 4.69) is 4.74 Å². The van der Waals surface area contributed by atoms with E-state index in [1.807, 2.05) is 0 Å². The zero-order valence-electron chi connectivity index (χ0n) is 5.75. The van der Waals surface area contributed by atoms with E-state index in [0.29, 0.717) is 0 Å². The molecule has 1 rings (SSSR count). The van der Waals surface area contributed by atoms with E-state index >= 15 is 0 Å². The first-order valence-electron chi connectivity index (χ1n) is 2.74. The number of nitrogens with zero attached hydrogens (tertiary/aromatic N) is 1. The third-order valence-corrected chi connectivity index (χ3v) is 1.32. The Morgan fingerprint density at radius 2 is 2.10 bits per heavy atom. The van der Waals surface area contributed by atoms with E-state index in [9.17, 15) is 9.59 Å². The van der Waals surface area contributed by atoms with Crippen molar-refractivity contribution in [2.75, 3.05) is 14.2 Å². The van der Waals surface area contributed by atoms with Crippen LogP contribution in [0.15, 0.2) is 11.8 Å². The fraction of sp³-hybridized carbons (Fsp3) is 0.333. The molecule has 54 valence electrons. The van der Waals surface area contributed by atoms with Crippen molar-refractivity contribution in [3.8, 4) is 0 Å². The number of amides is 2. The van der Waals surface area contributed by atoms with Gasteiger partial charge in [0.15, 0.2) is 5.76 Å². The first-order chi connectivity index (χ1) is 4.66. The molecule has 0 N–H and O–H groups in total. The number of rotatable bonds is 1. The quantitative estimate of drug-likeness (QED) is 0.463. The van der Waals surface area contributed by atoms with Crippen molar-refractivity contribution in [3.63, 3.8) is 0 Å². The van der Waals surface area contributed by atoms with Gasteiger partial charge in [0.25, 0.3) is 11.8 Å². The highest BCUT2D eigenvalue weighted by atomic mass is 16.5. The molecule has 0 aromatic carbocycles. The predicted molar refractivity (Wildman–Crippen MR) is 32.9 cm³/mol. The zero-order chi connectivity index (χ0) is 7.72. The van der Waals surface area contributed by atoms with Gasteiger partial charge >= 0.3 is 0 Å². The third-order valence-electron chi connectivity index (χ3n) is 1.32. The molecule has 0 aromatic heterocycles. The van der Waals surface area contributed by atoms with Crippen LogP contribution in [0.3, 0.4) is 0 Å². The largest absolute Gasteiger partial charge is 0.491 e. The van der Waals surface area contributed by atoms with Crippen LogP contribution in [-0.2, 0) is 14.3 Å². The number of ether oxygens (including phenoxy) is 1. The Labute approximate surface area is 58.1 Å². The molecule has 0 bridgehead atoms. The predicted octanol–water partition coefficient (Wildman–Crippen LogP) is -0.485. The van der Waals surface area contributed by atoms with Gasteiger partial charge in [0, 0.05) is 7.05 Å². The van der Waals surface area contributed by atoms with Gasteiger partial charge in [-0.2, -0.15) is 0 Å². The molecule has 2 amide bonds. The first-order valence-corrected chi connectivity index (χ1v) is 2.74. The minimum atomic E-state index is -0.382. The van der Waals surface area contributed by atoms with E-state index in [0.717, 1.165) is 4.90 Å². The molecule has 0 atom stereocenters. The molecule has 0 spiro atoms. The fourth-order valence-electron chi connectivity index (χ4n) is 0.682. The lowest BCUT2D eigenvalue weighted by Crippen LogP contribution is -2.26. The summed E-state index contributed by atoms with van der Waals surface area (Å²) in [6.07, 6.45) is 1.17. The number of likely N-dealkylation sites (N-methyl/N-ethyl adjacent to an activating group) is 1. The molecule has 10 heavy (non-hydrogen) atoms. The van der Waals surface area contributed by atoms with Crippen LogP contribution in [-0.4, -0.2) is 30.9 Å². The summed E-state index contributed by atoms with van der Waals surface area (Å²) in [5.41, 5.74) is 0. The maximum Gasteiger partial charge on any atom is 0.295 e. The smallest absolute Gasteiger partial charge is 0.295 e. The Bertz CT molecular complexity index is 219. The average Bonchev–Trinajstić information content (AvgIpc) is 2.17. The molecule has 4 nitrogen and oxygen atoms in total. The van der Waals surface area contributed by atoms with Gasteiger partial charge in [0.2, 0.25) is 0 Å². The Balaban J connectivity index is 2.89. The highest BCUT2D eigenvalue weighted by Gasteiger charge is 2.27. The summed E-state index contributed by atoms with van der Waals surface area (Å²) in [5, 5.41) is 0. The van der Waals surface area contributed by atoms with Crippen LogP contribution in [0.2, 0.25) is 0 Å². The Hall–Kier alpha value is -1.32. The van der Waals surface area contributed by atoms with Gasteiger partial charge in [-0.05, 0) is 0 Å². The lowest BCUT2D eigenvalue weighted by molar-refractivity contribution is -0.136. The van der Waals surface area contributed by atoms with Gasteiger partial charge in [0.05, 0.1) is 13.2 Å². The van der Waals surface area contributed by atoms with Gasteiger partial charge in [-0.15, -0.1) is 0 Å². The van der Waals surface area contributed by atoms with Crippen LogP contribution < -0.4 is 0 Å². The summed E-state index contributed by atoms with van der Waals surface area (Å²) in [7, 11) is 2.77. The van der Waals surface area contributed by atoms with Crippen molar-refractivity contribution in [3.05, 3.63) is 11.8 Å². The summed E-state index contributed by atoms with van der Waals surface area (Å²) in [4.78, 5) is 22.6. The second kappa shape index (κ2) is 2.13. The van der Waals surface area contributed by atoms with Crippen molar-refractivity contribution in [2.45, 2.75) is 0 Å². The number of hydrogen-bond donors (Lipinski definition) is 0. The standard InChI is InChI=1S/C6H7NO3/c1-7-5(8)3-4(10-2)6(7)9/h3H,1-2H3. The maximum atomic E-state index is 10.9. The van der Waals surface area contributed by atoms with Gasteiger partial charge in [-0.3, -0.25) is 14.5 Å². The number of imide groups is 1. The Morgan fingerprint density at radius 1 is 1.50 bits per heavy atom. The Kier molecular flexibility index (Phi) is 1.45. The van der Waals surface area contributed by atoms with E-state index in [-0.39, 0.29) is 17.6 Å². The monoisotopic (exact) mass is 141 g/mol. The van der Waals surface area contributed by atoms with E-state index in [1.54, 1.807) is 0 Å². The summed E-state index contributed by atoms with van der Waals surface area (Å²) < 4.78 is 4.61. The summed E-state index contributed by atoms with van der Waals surface area (Å²) >= 11 is 0. The second-order valence-corrected chi connectivity index (χ2v) is 1.92.